The molecule has 6 nitrogen and oxygen atoms in total. The summed E-state index contributed by atoms with van der Waals surface area (Å²) in [6.45, 7) is 0.881. The maximum Gasteiger partial charge on any atom is 0.268 e. The molecule has 3 aromatic rings. The van der Waals surface area contributed by atoms with Gasteiger partial charge in [0.2, 0.25) is 0 Å². The van der Waals surface area contributed by atoms with Crippen LogP contribution in [0.1, 0.15) is 30.0 Å². The van der Waals surface area contributed by atoms with Gasteiger partial charge < -0.3 is 14.4 Å². The van der Waals surface area contributed by atoms with Crippen LogP contribution in [0.3, 0.4) is 0 Å². The summed E-state index contributed by atoms with van der Waals surface area (Å²) in [4.78, 5) is 2.43. The number of aromatic nitrogens is 1. The Morgan fingerprint density at radius 2 is 1.70 bits per heavy atom. The molecule has 2 aromatic carbocycles. The van der Waals surface area contributed by atoms with Crippen LogP contribution in [-0.2, 0) is 16.4 Å². The van der Waals surface area contributed by atoms with Gasteiger partial charge in [-0.05, 0) is 87.3 Å². The van der Waals surface area contributed by atoms with E-state index in [9.17, 15) is 8.42 Å². The van der Waals surface area contributed by atoms with Gasteiger partial charge in [0.05, 0.1) is 24.6 Å². The predicted octanol–water partition coefficient (Wildman–Crippen LogP) is 3.88. The molecule has 1 aromatic heterocycles. The fourth-order valence-corrected chi connectivity index (χ4v) is 6.14. The van der Waals surface area contributed by atoms with Gasteiger partial charge in [-0.2, -0.15) is 0 Å². The van der Waals surface area contributed by atoms with Gasteiger partial charge >= 0.3 is 0 Å². The number of rotatable bonds is 6. The van der Waals surface area contributed by atoms with Crippen molar-refractivity contribution in [1.82, 2.24) is 8.87 Å². The van der Waals surface area contributed by atoms with Gasteiger partial charge in [0.25, 0.3) is 10.0 Å². The Labute approximate surface area is 178 Å². The van der Waals surface area contributed by atoms with Crippen LogP contribution in [0, 0.1) is 0 Å². The Morgan fingerprint density at radius 3 is 2.33 bits per heavy atom. The van der Waals surface area contributed by atoms with Crippen molar-refractivity contribution >= 4 is 20.9 Å². The summed E-state index contributed by atoms with van der Waals surface area (Å²) in [5.74, 6) is 1.65. The highest BCUT2D eigenvalue weighted by Crippen LogP contribution is 2.42. The van der Waals surface area contributed by atoms with E-state index in [4.69, 9.17) is 9.47 Å². The van der Waals surface area contributed by atoms with Crippen LogP contribution >= 0.6 is 0 Å². The third kappa shape index (κ3) is 3.46. The minimum Gasteiger partial charge on any atom is -0.497 e. The first-order chi connectivity index (χ1) is 14.4. The van der Waals surface area contributed by atoms with Crippen molar-refractivity contribution in [3.63, 3.8) is 0 Å². The monoisotopic (exact) mass is 428 g/mol. The number of benzene rings is 2. The largest absolute Gasteiger partial charge is 0.497 e. The standard InChI is InChI=1S/C23H28N2O4S/c1-24(2)15-16-6-5-7-22-23(16)20-14-18(29-4)10-13-21(20)25(22)30(26,27)19-11-8-17(28-3)9-12-19/h8-14,16H,5-7,15H2,1-4H3. The van der Waals surface area contributed by atoms with E-state index in [0.717, 1.165) is 48.2 Å². The van der Waals surface area contributed by atoms with Gasteiger partial charge in [-0.1, -0.05) is 0 Å². The fraction of sp³-hybridized carbons (Fsp3) is 0.391. The maximum absolute atomic E-state index is 13.7. The molecular formula is C23H28N2O4S. The summed E-state index contributed by atoms with van der Waals surface area (Å²) in [5.41, 5.74) is 2.75. The summed E-state index contributed by atoms with van der Waals surface area (Å²) in [5, 5.41) is 0.966. The molecule has 0 radical (unpaired) electrons. The number of hydrogen-bond acceptors (Lipinski definition) is 5. The third-order valence-electron chi connectivity index (χ3n) is 5.83. The van der Waals surface area contributed by atoms with Crippen LogP contribution in [0.15, 0.2) is 47.4 Å². The van der Waals surface area contributed by atoms with Gasteiger partial charge in [-0.25, -0.2) is 12.4 Å². The first kappa shape index (κ1) is 20.8. The first-order valence-electron chi connectivity index (χ1n) is 10.1. The fourth-order valence-electron chi connectivity index (χ4n) is 4.55. The highest BCUT2D eigenvalue weighted by molar-refractivity contribution is 7.90. The lowest BCUT2D eigenvalue weighted by molar-refractivity contribution is 0.352. The summed E-state index contributed by atoms with van der Waals surface area (Å²) in [7, 11) is 3.56. The molecule has 160 valence electrons. The van der Waals surface area contributed by atoms with E-state index < -0.39 is 10.0 Å². The minimum absolute atomic E-state index is 0.258. The molecule has 1 heterocycles. The van der Waals surface area contributed by atoms with Gasteiger partial charge in [-0.3, -0.25) is 0 Å². The summed E-state index contributed by atoms with van der Waals surface area (Å²) in [6.07, 6.45) is 2.76. The molecule has 0 saturated carbocycles. The Kier molecular flexibility index (Phi) is 5.51. The lowest BCUT2D eigenvalue weighted by atomic mass is 9.85. The van der Waals surface area contributed by atoms with E-state index in [1.165, 1.54) is 0 Å². The van der Waals surface area contributed by atoms with Crippen LogP contribution in [0.5, 0.6) is 11.5 Å². The van der Waals surface area contributed by atoms with Crippen LogP contribution in [0.4, 0.5) is 0 Å². The lowest BCUT2D eigenvalue weighted by Gasteiger charge is -2.27. The predicted molar refractivity (Wildman–Crippen MR) is 118 cm³/mol. The van der Waals surface area contributed by atoms with Crippen molar-refractivity contribution in [2.45, 2.75) is 30.1 Å². The molecule has 0 fully saturated rings. The summed E-state index contributed by atoms with van der Waals surface area (Å²) < 4.78 is 39.7. The molecule has 0 N–H and O–H groups in total. The van der Waals surface area contributed by atoms with Crippen LogP contribution < -0.4 is 9.47 Å². The van der Waals surface area contributed by atoms with Crippen molar-refractivity contribution in [1.29, 1.82) is 0 Å². The van der Waals surface area contributed by atoms with Gasteiger partial charge in [0.1, 0.15) is 11.5 Å². The zero-order valence-electron chi connectivity index (χ0n) is 17.9. The normalized spacial score (nSPS) is 16.6. The van der Waals surface area contributed by atoms with Crippen LogP contribution in [-0.4, -0.2) is 52.1 Å². The van der Waals surface area contributed by atoms with Crippen molar-refractivity contribution in [3.8, 4) is 11.5 Å². The molecule has 30 heavy (non-hydrogen) atoms. The van der Waals surface area contributed by atoms with E-state index in [0.29, 0.717) is 11.3 Å². The average molecular weight is 429 g/mol. The Morgan fingerprint density at radius 1 is 1.03 bits per heavy atom. The summed E-state index contributed by atoms with van der Waals surface area (Å²) >= 11 is 0. The Balaban J connectivity index is 1.98. The van der Waals surface area contributed by atoms with Gasteiger partial charge in [0, 0.05) is 17.6 Å². The number of likely N-dealkylation sites (N-methyl/N-ethyl adjacent to an activating group) is 1. The van der Waals surface area contributed by atoms with Crippen molar-refractivity contribution in [3.05, 3.63) is 53.7 Å². The molecule has 0 saturated heterocycles. The van der Waals surface area contributed by atoms with E-state index in [-0.39, 0.29) is 10.8 Å². The second-order valence-corrected chi connectivity index (χ2v) is 9.83. The zero-order chi connectivity index (χ0) is 21.5. The van der Waals surface area contributed by atoms with E-state index in [2.05, 4.69) is 19.0 Å². The van der Waals surface area contributed by atoms with E-state index in [1.807, 2.05) is 18.2 Å². The number of nitrogens with zero attached hydrogens (tertiary/aromatic N) is 2. The zero-order valence-corrected chi connectivity index (χ0v) is 18.7. The average Bonchev–Trinajstić information content (AvgIpc) is 3.08. The Bertz CT molecular complexity index is 1160. The van der Waals surface area contributed by atoms with Crippen molar-refractivity contribution in [2.75, 3.05) is 34.9 Å². The topological polar surface area (TPSA) is 60.8 Å². The molecule has 1 aliphatic carbocycles. The van der Waals surface area contributed by atoms with Gasteiger partial charge in [-0.15, -0.1) is 0 Å². The van der Waals surface area contributed by atoms with Crippen molar-refractivity contribution < 1.29 is 17.9 Å². The molecule has 0 spiro atoms. The molecule has 1 aliphatic rings. The molecule has 1 atom stereocenters. The second-order valence-electron chi connectivity index (χ2n) is 8.04. The SMILES string of the molecule is COc1ccc(S(=O)(=O)n2c3c(c4cc(OC)ccc42)C(CN(C)C)CCC3)cc1. The molecule has 0 bridgehead atoms. The van der Waals surface area contributed by atoms with Crippen LogP contribution in [0.25, 0.3) is 10.9 Å². The number of hydrogen-bond donors (Lipinski definition) is 0. The maximum atomic E-state index is 13.7. The van der Waals surface area contributed by atoms with Crippen molar-refractivity contribution in [2.24, 2.45) is 0 Å². The molecule has 1 unspecified atom stereocenters. The Hall–Kier alpha value is -2.51. The molecule has 0 amide bonds. The van der Waals surface area contributed by atoms with Gasteiger partial charge in [0.15, 0.2) is 0 Å². The molecular weight excluding hydrogens is 400 g/mol. The molecule has 7 heteroatoms. The first-order valence-corrected chi connectivity index (χ1v) is 11.6. The highest BCUT2D eigenvalue weighted by Gasteiger charge is 2.32. The quantitative estimate of drug-likeness (QED) is 0.596. The number of ether oxygens (including phenoxy) is 2. The second kappa shape index (κ2) is 7.96. The summed E-state index contributed by atoms with van der Waals surface area (Å²) in [6, 6.07) is 12.2. The van der Waals surface area contributed by atoms with E-state index >= 15 is 0 Å². The highest BCUT2D eigenvalue weighted by atomic mass is 32.2. The lowest BCUT2D eigenvalue weighted by Crippen LogP contribution is -2.25. The number of methoxy groups -OCH3 is 2. The van der Waals surface area contributed by atoms with Crippen LogP contribution in [0.2, 0.25) is 0 Å². The third-order valence-corrected chi connectivity index (χ3v) is 7.59. The smallest absolute Gasteiger partial charge is 0.268 e. The van der Waals surface area contributed by atoms with E-state index in [1.54, 1.807) is 42.5 Å². The molecule has 4 rings (SSSR count). The minimum atomic E-state index is -3.75. The molecule has 0 aliphatic heterocycles. The number of fused-ring (bicyclic) bond motifs is 3.